The van der Waals surface area contributed by atoms with E-state index in [1.807, 2.05) is 0 Å². The second-order valence-electron chi connectivity index (χ2n) is 2.74. The molecule has 12 heavy (non-hydrogen) atoms. The maximum Gasteiger partial charge on any atom is 0.131 e. The van der Waals surface area contributed by atoms with Crippen LogP contribution in [0.5, 0.6) is 0 Å². The first-order chi connectivity index (χ1) is 5.70. The van der Waals surface area contributed by atoms with Gasteiger partial charge in [-0.2, -0.15) is 11.8 Å². The van der Waals surface area contributed by atoms with Gasteiger partial charge in [0.05, 0.1) is 19.7 Å². The number of ether oxygens (including phenoxy) is 2. The molecule has 0 aromatic carbocycles. The van der Waals surface area contributed by atoms with Gasteiger partial charge in [-0.1, -0.05) is 0 Å². The van der Waals surface area contributed by atoms with Gasteiger partial charge in [0.25, 0.3) is 0 Å². The van der Waals surface area contributed by atoms with Gasteiger partial charge in [-0.15, -0.1) is 0 Å². The number of methoxy groups -OCH3 is 2. The fraction of sp³-hybridized carbons (Fsp3) is 1.00. The van der Waals surface area contributed by atoms with Crippen LogP contribution in [0.1, 0.15) is 0 Å². The van der Waals surface area contributed by atoms with Crippen LogP contribution in [0.25, 0.3) is 0 Å². The van der Waals surface area contributed by atoms with Crippen molar-refractivity contribution in [2.75, 3.05) is 20.8 Å². The van der Waals surface area contributed by atoms with Gasteiger partial charge in [-0.3, -0.25) is 0 Å². The molecule has 0 aliphatic carbocycles. The van der Waals surface area contributed by atoms with Gasteiger partial charge in [0.15, 0.2) is 0 Å². The third-order valence-corrected chi connectivity index (χ3v) is 3.26. The van der Waals surface area contributed by atoms with Crippen molar-refractivity contribution < 1.29 is 13.9 Å². The van der Waals surface area contributed by atoms with E-state index in [9.17, 15) is 4.39 Å². The molecule has 0 spiro atoms. The Labute approximate surface area is 77.6 Å². The fourth-order valence-electron chi connectivity index (χ4n) is 1.33. The molecule has 0 saturated carbocycles. The lowest BCUT2D eigenvalue weighted by Gasteiger charge is -2.17. The number of alkyl halides is 1. The van der Waals surface area contributed by atoms with Crippen LogP contribution in [0, 0.1) is 0 Å². The lowest BCUT2D eigenvalue weighted by molar-refractivity contribution is 0.0289. The summed E-state index contributed by atoms with van der Waals surface area (Å²) in [5.41, 5.74) is 0. The third kappa shape index (κ3) is 1.95. The van der Waals surface area contributed by atoms with E-state index in [1.54, 1.807) is 7.11 Å². The average molecular weight is 190 g/mol. The van der Waals surface area contributed by atoms with Gasteiger partial charge in [-0.05, 0) is 0 Å². The average Bonchev–Trinajstić information content (AvgIpc) is 2.29. The summed E-state index contributed by atoms with van der Waals surface area (Å²) in [6, 6.07) is 0. The first kappa shape index (κ1) is 10.3. The summed E-state index contributed by atoms with van der Waals surface area (Å²) in [5.74, 6) is 0. The normalized spacial score (nSPS) is 41.9. The summed E-state index contributed by atoms with van der Waals surface area (Å²) >= 11 is 1.38. The molecule has 4 atom stereocenters. The van der Waals surface area contributed by atoms with E-state index in [2.05, 4.69) is 0 Å². The summed E-state index contributed by atoms with van der Waals surface area (Å²) in [6.07, 6.45) is -1.51. The van der Waals surface area contributed by atoms with Crippen molar-refractivity contribution in [1.29, 1.82) is 0 Å². The molecule has 0 bridgehead atoms. The predicted octanol–water partition coefficient (Wildman–Crippen LogP) is 0.596. The molecule has 2 nitrogen and oxygen atoms in total. The molecule has 2 radical (unpaired) electrons. The van der Waals surface area contributed by atoms with E-state index < -0.39 is 17.4 Å². The number of rotatable bonds is 3. The van der Waals surface area contributed by atoms with Crippen LogP contribution >= 0.6 is 11.8 Å². The quantitative estimate of drug-likeness (QED) is 0.607. The zero-order valence-corrected chi connectivity index (χ0v) is 8.01. The van der Waals surface area contributed by atoms with Crippen LogP contribution in [0.2, 0.25) is 0 Å². The molecule has 1 heterocycles. The van der Waals surface area contributed by atoms with Crippen molar-refractivity contribution in [2.45, 2.75) is 22.7 Å². The minimum absolute atomic E-state index is 0.0185. The number of hydrogen-bond donors (Lipinski definition) is 0. The molecule has 1 unspecified atom stereocenters. The Bertz CT molecular complexity index is 149. The lowest BCUT2D eigenvalue weighted by Crippen LogP contribution is -2.33. The fourth-order valence-corrected chi connectivity index (χ4v) is 2.67. The molecule has 68 valence electrons. The Morgan fingerprint density at radius 1 is 1.50 bits per heavy atom. The maximum absolute atomic E-state index is 13.2. The molecular formula is C7H12BFO2S. The Morgan fingerprint density at radius 2 is 2.17 bits per heavy atom. The van der Waals surface area contributed by atoms with Gasteiger partial charge in [0.1, 0.15) is 12.3 Å². The molecule has 1 fully saturated rings. The van der Waals surface area contributed by atoms with E-state index in [0.717, 1.165) is 0 Å². The minimum Gasteiger partial charge on any atom is -0.383 e. The Balaban J connectivity index is 2.52. The van der Waals surface area contributed by atoms with E-state index in [4.69, 9.17) is 17.3 Å². The van der Waals surface area contributed by atoms with Crippen LogP contribution < -0.4 is 0 Å². The van der Waals surface area contributed by atoms with Gasteiger partial charge in [-0.25, -0.2) is 4.39 Å². The summed E-state index contributed by atoms with van der Waals surface area (Å²) in [5, 5.41) is -0.458. The van der Waals surface area contributed by atoms with Crippen molar-refractivity contribution in [3.63, 3.8) is 0 Å². The van der Waals surface area contributed by atoms with E-state index in [0.29, 0.717) is 6.61 Å². The zero-order chi connectivity index (χ0) is 9.14. The monoisotopic (exact) mass is 190 g/mol. The Kier molecular flexibility index (Phi) is 3.87. The minimum atomic E-state index is -1.08. The third-order valence-electron chi connectivity index (χ3n) is 1.93. The molecule has 5 heteroatoms. The molecule has 1 aliphatic heterocycles. The van der Waals surface area contributed by atoms with Gasteiger partial charge < -0.3 is 9.47 Å². The zero-order valence-electron chi connectivity index (χ0n) is 7.20. The largest absolute Gasteiger partial charge is 0.383 e. The van der Waals surface area contributed by atoms with Crippen LogP contribution in [-0.2, 0) is 9.47 Å². The molecule has 0 amide bonds. The van der Waals surface area contributed by atoms with Crippen LogP contribution in [0.4, 0.5) is 4.39 Å². The van der Waals surface area contributed by atoms with Crippen molar-refractivity contribution >= 4 is 19.6 Å². The molecule has 0 aromatic rings. The second-order valence-corrected chi connectivity index (χ2v) is 4.16. The molecule has 1 saturated heterocycles. The van der Waals surface area contributed by atoms with Crippen molar-refractivity contribution in [3.05, 3.63) is 0 Å². The molecule has 0 aromatic heterocycles. The van der Waals surface area contributed by atoms with Crippen LogP contribution in [0.3, 0.4) is 0 Å². The summed E-state index contributed by atoms with van der Waals surface area (Å²) in [4.78, 5) is 0. The summed E-state index contributed by atoms with van der Waals surface area (Å²) < 4.78 is 23.2. The first-order valence-corrected chi connectivity index (χ1v) is 4.71. The van der Waals surface area contributed by atoms with E-state index in [1.165, 1.54) is 18.9 Å². The number of hydrogen-bond acceptors (Lipinski definition) is 3. The highest BCUT2D eigenvalue weighted by Gasteiger charge is 2.41. The van der Waals surface area contributed by atoms with Crippen LogP contribution in [-0.4, -0.2) is 51.3 Å². The van der Waals surface area contributed by atoms with E-state index in [-0.39, 0.29) is 5.25 Å². The van der Waals surface area contributed by atoms with Gasteiger partial charge >= 0.3 is 0 Å². The predicted molar refractivity (Wildman–Crippen MR) is 48.5 cm³/mol. The van der Waals surface area contributed by atoms with Crippen LogP contribution in [0.15, 0.2) is 0 Å². The highest BCUT2D eigenvalue weighted by atomic mass is 32.2. The maximum atomic E-state index is 13.2. The summed E-state index contributed by atoms with van der Waals surface area (Å²) in [6.45, 7) is 0.483. The Hall–Kier alpha value is 0.265. The smallest absolute Gasteiger partial charge is 0.131 e. The molecular weight excluding hydrogens is 178 g/mol. The molecule has 1 rings (SSSR count). The first-order valence-electron chi connectivity index (χ1n) is 3.77. The van der Waals surface area contributed by atoms with E-state index >= 15 is 0 Å². The lowest BCUT2D eigenvalue weighted by atomic mass is 9.95. The van der Waals surface area contributed by atoms with Crippen molar-refractivity contribution in [3.8, 4) is 0 Å². The SMILES string of the molecule is [B][C@@H]1S[C@H](COC)[C@@H](OC)C1F. The highest BCUT2D eigenvalue weighted by Crippen LogP contribution is 2.36. The van der Waals surface area contributed by atoms with Gasteiger partial charge in [0, 0.05) is 19.4 Å². The Morgan fingerprint density at radius 3 is 2.67 bits per heavy atom. The highest BCUT2D eigenvalue weighted by molar-refractivity contribution is 8.02. The van der Waals surface area contributed by atoms with Crippen molar-refractivity contribution in [1.82, 2.24) is 0 Å². The standard InChI is InChI=1S/C7H12BFO2S/c1-10-3-4-6(11-2)5(9)7(8)12-4/h4-7H,3H2,1-2H3/t4-,5?,6-,7-/m1/s1. The second kappa shape index (κ2) is 4.49. The topological polar surface area (TPSA) is 18.5 Å². The number of halogens is 1. The molecule has 0 N–H and O–H groups in total. The number of thioether (sulfide) groups is 1. The van der Waals surface area contributed by atoms with Crippen molar-refractivity contribution in [2.24, 2.45) is 0 Å². The molecule has 1 aliphatic rings. The van der Waals surface area contributed by atoms with Gasteiger partial charge in [0.2, 0.25) is 0 Å². The summed E-state index contributed by atoms with van der Waals surface area (Å²) in [7, 11) is 8.60.